The van der Waals surface area contributed by atoms with Gasteiger partial charge in [-0.1, -0.05) is 164 Å². The maximum atomic E-state index is 5.51. The van der Waals surface area contributed by atoms with Crippen molar-refractivity contribution in [2.45, 2.75) is 0 Å². The van der Waals surface area contributed by atoms with Crippen LogP contribution in [-0.4, -0.2) is 18.7 Å². The third-order valence-electron chi connectivity index (χ3n) is 12.4. The number of para-hydroxylation sites is 2. The monoisotopic (exact) mass is 750 g/mol. The second-order valence-electron chi connectivity index (χ2n) is 15.5. The molecule has 0 saturated carbocycles. The molecular weight excluding hydrogens is 717 g/mol. The predicted octanol–water partition coefficient (Wildman–Crippen LogP) is 14.3. The fraction of sp³-hybridized carbons (Fsp3) is 0. The quantitative estimate of drug-likeness (QED) is 0.165. The van der Waals surface area contributed by atoms with Crippen molar-refractivity contribution in [2.24, 2.45) is 0 Å². The molecule has 0 aliphatic heterocycles. The van der Waals surface area contributed by atoms with Gasteiger partial charge in [-0.05, 0) is 64.0 Å². The summed E-state index contributed by atoms with van der Waals surface area (Å²) in [5.41, 5.74) is 11.2. The van der Waals surface area contributed by atoms with E-state index in [9.17, 15) is 0 Å². The molecule has 0 fully saturated rings. The van der Waals surface area contributed by atoms with E-state index in [1.807, 2.05) is 0 Å². The molecule has 0 radical (unpaired) electrons. The van der Waals surface area contributed by atoms with Crippen LogP contribution in [0.3, 0.4) is 0 Å². The lowest BCUT2D eigenvalue weighted by Gasteiger charge is -2.16. The van der Waals surface area contributed by atoms with Gasteiger partial charge in [0.15, 0.2) is 0 Å². The summed E-state index contributed by atoms with van der Waals surface area (Å²) in [6.45, 7) is 0. The summed E-state index contributed by atoms with van der Waals surface area (Å²) in [6.07, 6.45) is 0. The SMILES string of the molecule is c1ccc(-c2nc3c4ccccc4c4ccccc4c3n2-c2cccc(-n3c4ccccc4c4ccc5c6ccccc6n(-c6ccc7ccccc7c6)c5c43)c2)cc1. The Morgan fingerprint density at radius 3 is 1.46 bits per heavy atom. The Hall–Kier alpha value is -7.95. The molecule has 0 bridgehead atoms. The summed E-state index contributed by atoms with van der Waals surface area (Å²) < 4.78 is 7.35. The van der Waals surface area contributed by atoms with Gasteiger partial charge in [-0.2, -0.15) is 0 Å². The zero-order valence-corrected chi connectivity index (χ0v) is 31.9. The van der Waals surface area contributed by atoms with E-state index in [2.05, 4.69) is 220 Å². The fourth-order valence-corrected chi connectivity index (χ4v) is 9.86. The number of aromatic nitrogens is 4. The van der Waals surface area contributed by atoms with Gasteiger partial charge in [0, 0.05) is 54.9 Å². The highest BCUT2D eigenvalue weighted by molar-refractivity contribution is 6.25. The summed E-state index contributed by atoms with van der Waals surface area (Å²) in [4.78, 5) is 5.51. The molecule has 0 spiro atoms. The van der Waals surface area contributed by atoms with Crippen molar-refractivity contribution in [2.75, 3.05) is 0 Å². The zero-order chi connectivity index (χ0) is 38.6. The number of imidazole rings is 1. The summed E-state index contributed by atoms with van der Waals surface area (Å²) in [5.74, 6) is 0.917. The Labute approximate surface area is 339 Å². The highest BCUT2D eigenvalue weighted by atomic mass is 15.1. The summed E-state index contributed by atoms with van der Waals surface area (Å²) in [5, 5.41) is 12.1. The molecule has 0 saturated heterocycles. The largest absolute Gasteiger partial charge is 0.307 e. The van der Waals surface area contributed by atoms with E-state index < -0.39 is 0 Å². The van der Waals surface area contributed by atoms with Crippen LogP contribution in [0.15, 0.2) is 206 Å². The molecular formula is C55H34N4. The number of rotatable bonds is 4. The van der Waals surface area contributed by atoms with Gasteiger partial charge in [-0.3, -0.25) is 4.57 Å². The molecule has 0 amide bonds. The van der Waals surface area contributed by atoms with Gasteiger partial charge in [0.2, 0.25) is 0 Å². The van der Waals surface area contributed by atoms with Crippen LogP contribution in [0, 0.1) is 0 Å². The maximum Gasteiger partial charge on any atom is 0.145 e. The molecule has 0 aliphatic rings. The molecule has 3 heterocycles. The molecule has 13 aromatic rings. The van der Waals surface area contributed by atoms with Crippen molar-refractivity contribution in [3.8, 4) is 28.5 Å². The Morgan fingerprint density at radius 2 is 0.780 bits per heavy atom. The molecule has 4 nitrogen and oxygen atoms in total. The maximum absolute atomic E-state index is 5.51. The van der Waals surface area contributed by atoms with E-state index in [1.54, 1.807) is 0 Å². The van der Waals surface area contributed by atoms with E-state index in [0.717, 1.165) is 50.4 Å². The third kappa shape index (κ3) is 4.57. The third-order valence-corrected chi connectivity index (χ3v) is 12.4. The van der Waals surface area contributed by atoms with Gasteiger partial charge < -0.3 is 9.13 Å². The van der Waals surface area contributed by atoms with Gasteiger partial charge in [0.25, 0.3) is 0 Å². The molecule has 13 rings (SSSR count). The first-order valence-electron chi connectivity index (χ1n) is 20.2. The predicted molar refractivity (Wildman–Crippen MR) is 248 cm³/mol. The van der Waals surface area contributed by atoms with E-state index >= 15 is 0 Å². The Balaban J connectivity index is 1.16. The molecule has 3 aromatic heterocycles. The number of hydrogen-bond acceptors (Lipinski definition) is 1. The van der Waals surface area contributed by atoms with Crippen molar-refractivity contribution in [1.82, 2.24) is 18.7 Å². The highest BCUT2D eigenvalue weighted by Gasteiger charge is 2.23. The van der Waals surface area contributed by atoms with Gasteiger partial charge in [0.05, 0.1) is 33.1 Å². The number of fused-ring (bicyclic) bond motifs is 14. The van der Waals surface area contributed by atoms with E-state index in [-0.39, 0.29) is 0 Å². The van der Waals surface area contributed by atoms with E-state index in [0.29, 0.717) is 0 Å². The first kappa shape index (κ1) is 32.2. The summed E-state index contributed by atoms with van der Waals surface area (Å²) in [6, 6.07) is 74.9. The molecule has 0 atom stereocenters. The van der Waals surface area contributed by atoms with E-state index in [1.165, 1.54) is 65.0 Å². The van der Waals surface area contributed by atoms with Crippen molar-refractivity contribution < 1.29 is 0 Å². The molecule has 10 aromatic carbocycles. The second kappa shape index (κ2) is 12.3. The van der Waals surface area contributed by atoms with Crippen LogP contribution in [0.2, 0.25) is 0 Å². The number of nitrogens with zero attached hydrogens (tertiary/aromatic N) is 4. The molecule has 4 heteroatoms. The van der Waals surface area contributed by atoms with Crippen molar-refractivity contribution in [3.05, 3.63) is 206 Å². The number of benzene rings is 10. The topological polar surface area (TPSA) is 27.7 Å². The smallest absolute Gasteiger partial charge is 0.145 e. The van der Waals surface area contributed by atoms with Crippen LogP contribution in [0.25, 0.3) is 115 Å². The number of hydrogen-bond donors (Lipinski definition) is 0. The van der Waals surface area contributed by atoms with Crippen molar-refractivity contribution >= 4 is 87.0 Å². The fourth-order valence-electron chi connectivity index (χ4n) is 9.86. The van der Waals surface area contributed by atoms with Gasteiger partial charge >= 0.3 is 0 Å². The Morgan fingerprint density at radius 1 is 0.288 bits per heavy atom. The van der Waals surface area contributed by atoms with Crippen LogP contribution >= 0.6 is 0 Å². The lowest BCUT2D eigenvalue weighted by molar-refractivity contribution is 1.09. The molecule has 59 heavy (non-hydrogen) atoms. The Bertz CT molecular complexity index is 3840. The van der Waals surface area contributed by atoms with Crippen LogP contribution < -0.4 is 0 Å². The normalized spacial score (nSPS) is 12.1. The molecule has 0 unspecified atom stereocenters. The van der Waals surface area contributed by atoms with E-state index in [4.69, 9.17) is 4.98 Å². The zero-order valence-electron chi connectivity index (χ0n) is 31.9. The van der Waals surface area contributed by atoms with Crippen LogP contribution in [-0.2, 0) is 0 Å². The van der Waals surface area contributed by atoms with Crippen molar-refractivity contribution in [1.29, 1.82) is 0 Å². The molecule has 0 N–H and O–H groups in total. The lowest BCUT2D eigenvalue weighted by Crippen LogP contribution is -2.02. The average Bonchev–Trinajstić information content (AvgIpc) is 3.98. The Kier molecular flexibility index (Phi) is 6.69. The summed E-state index contributed by atoms with van der Waals surface area (Å²) in [7, 11) is 0. The molecule has 0 aliphatic carbocycles. The minimum Gasteiger partial charge on any atom is -0.307 e. The van der Waals surface area contributed by atoms with Crippen LogP contribution in [0.5, 0.6) is 0 Å². The van der Waals surface area contributed by atoms with Gasteiger partial charge in [-0.25, -0.2) is 4.98 Å². The first-order chi connectivity index (χ1) is 29.3. The standard InChI is InChI=1S/C55H34N4/c1-2-16-36(17-3-1)55-56-51-45-25-8-6-21-41(45)42-22-7-9-26-46(42)52(51)59(55)39-20-14-19-38(34-39)57-49-27-12-10-23-43(49)47-31-32-48-44-24-11-13-28-50(44)58(54(48)53(47)57)40-30-29-35-15-4-5-18-37(35)33-40/h1-34H. The minimum absolute atomic E-state index is 0.917. The summed E-state index contributed by atoms with van der Waals surface area (Å²) >= 11 is 0. The minimum atomic E-state index is 0.917. The lowest BCUT2D eigenvalue weighted by atomic mass is 10.00. The first-order valence-corrected chi connectivity index (χ1v) is 20.2. The van der Waals surface area contributed by atoms with Crippen LogP contribution in [0.4, 0.5) is 0 Å². The van der Waals surface area contributed by atoms with Gasteiger partial charge in [0.1, 0.15) is 5.82 Å². The van der Waals surface area contributed by atoms with Gasteiger partial charge in [-0.15, -0.1) is 0 Å². The highest BCUT2D eigenvalue weighted by Crippen LogP contribution is 2.43. The average molecular weight is 751 g/mol. The molecule has 274 valence electrons. The van der Waals surface area contributed by atoms with Crippen LogP contribution in [0.1, 0.15) is 0 Å². The second-order valence-corrected chi connectivity index (χ2v) is 15.5. The van der Waals surface area contributed by atoms with Crippen molar-refractivity contribution in [3.63, 3.8) is 0 Å².